The highest BCUT2D eigenvalue weighted by Crippen LogP contribution is 2.22. The van der Waals surface area contributed by atoms with Crippen LogP contribution in [0.3, 0.4) is 0 Å². The number of rotatable bonds is 11. The SMILES string of the molecule is CCCNC(=O)[C@@H](Cc1ccccc1)N(Cc1ccc(Br)cc1)C(=O)COc1cccc(C)c1C. The minimum Gasteiger partial charge on any atom is -0.483 e. The molecule has 6 heteroatoms. The molecule has 0 saturated carbocycles. The summed E-state index contributed by atoms with van der Waals surface area (Å²) in [4.78, 5) is 28.6. The van der Waals surface area contributed by atoms with Crippen molar-refractivity contribution < 1.29 is 14.3 Å². The van der Waals surface area contributed by atoms with Gasteiger partial charge in [0.1, 0.15) is 11.8 Å². The van der Waals surface area contributed by atoms with Gasteiger partial charge < -0.3 is 15.0 Å². The van der Waals surface area contributed by atoms with Crippen molar-refractivity contribution in [3.63, 3.8) is 0 Å². The number of benzene rings is 3. The summed E-state index contributed by atoms with van der Waals surface area (Å²) >= 11 is 3.46. The predicted molar refractivity (Wildman–Crippen MR) is 143 cm³/mol. The van der Waals surface area contributed by atoms with E-state index in [4.69, 9.17) is 4.74 Å². The monoisotopic (exact) mass is 536 g/mol. The standard InChI is InChI=1S/C29H33BrN2O3/c1-4-17-31-29(34)26(18-23-10-6-5-7-11-23)32(19-24-13-15-25(30)16-14-24)28(33)20-35-27-12-8-9-21(2)22(27)3/h5-16,26H,4,17-20H2,1-3H3,(H,31,34)/t26-/m1/s1. The highest BCUT2D eigenvalue weighted by molar-refractivity contribution is 9.10. The molecule has 3 rings (SSSR count). The normalized spacial score (nSPS) is 11.5. The Balaban J connectivity index is 1.90. The third-order valence-electron chi connectivity index (χ3n) is 5.99. The number of halogens is 1. The van der Waals surface area contributed by atoms with Crippen LogP contribution in [-0.2, 0) is 22.6 Å². The van der Waals surface area contributed by atoms with Crippen LogP contribution in [0.25, 0.3) is 0 Å². The molecule has 0 spiro atoms. The maximum atomic E-state index is 13.6. The Hall–Kier alpha value is -3.12. The predicted octanol–water partition coefficient (Wildman–Crippen LogP) is 5.61. The molecule has 35 heavy (non-hydrogen) atoms. The van der Waals surface area contributed by atoms with Crippen LogP contribution in [0.5, 0.6) is 5.75 Å². The molecule has 0 bridgehead atoms. The summed E-state index contributed by atoms with van der Waals surface area (Å²) in [5.41, 5.74) is 4.03. The summed E-state index contributed by atoms with van der Waals surface area (Å²) in [6.07, 6.45) is 1.24. The molecule has 0 aromatic heterocycles. The Morgan fingerprint density at radius 2 is 1.66 bits per heavy atom. The molecule has 0 saturated heterocycles. The first-order valence-corrected chi connectivity index (χ1v) is 12.7. The van der Waals surface area contributed by atoms with Crippen molar-refractivity contribution in [1.82, 2.24) is 10.2 Å². The number of nitrogens with one attached hydrogen (secondary N) is 1. The minimum atomic E-state index is -0.665. The number of nitrogens with zero attached hydrogens (tertiary/aromatic N) is 1. The van der Waals surface area contributed by atoms with Crippen LogP contribution in [0.15, 0.2) is 77.3 Å². The highest BCUT2D eigenvalue weighted by Gasteiger charge is 2.30. The van der Waals surface area contributed by atoms with Crippen LogP contribution in [0.2, 0.25) is 0 Å². The maximum Gasteiger partial charge on any atom is 0.261 e. The molecular formula is C29H33BrN2O3. The topological polar surface area (TPSA) is 58.6 Å². The highest BCUT2D eigenvalue weighted by atomic mass is 79.9. The van der Waals surface area contributed by atoms with Gasteiger partial charge in [-0.05, 0) is 60.7 Å². The van der Waals surface area contributed by atoms with Crippen molar-refractivity contribution in [2.45, 2.75) is 46.2 Å². The van der Waals surface area contributed by atoms with Crippen molar-refractivity contribution in [2.24, 2.45) is 0 Å². The third-order valence-corrected chi connectivity index (χ3v) is 6.52. The third kappa shape index (κ3) is 7.69. The quantitative estimate of drug-likeness (QED) is 0.346. The molecule has 3 aromatic rings. The first-order valence-electron chi connectivity index (χ1n) is 11.9. The van der Waals surface area contributed by atoms with Crippen LogP contribution in [0.4, 0.5) is 0 Å². The van der Waals surface area contributed by atoms with Gasteiger partial charge in [-0.15, -0.1) is 0 Å². The van der Waals surface area contributed by atoms with Gasteiger partial charge in [0.05, 0.1) is 0 Å². The maximum absolute atomic E-state index is 13.6. The summed E-state index contributed by atoms with van der Waals surface area (Å²) in [5, 5.41) is 2.99. The van der Waals surface area contributed by atoms with Crippen molar-refractivity contribution in [3.8, 4) is 5.75 Å². The van der Waals surface area contributed by atoms with E-state index in [0.29, 0.717) is 25.3 Å². The minimum absolute atomic E-state index is 0.146. The lowest BCUT2D eigenvalue weighted by molar-refractivity contribution is -0.142. The van der Waals surface area contributed by atoms with E-state index in [0.717, 1.165) is 33.1 Å². The second kappa shape index (κ2) is 13.1. The van der Waals surface area contributed by atoms with Crippen molar-refractivity contribution in [1.29, 1.82) is 0 Å². The van der Waals surface area contributed by atoms with E-state index in [-0.39, 0.29) is 18.4 Å². The molecule has 3 aromatic carbocycles. The first-order chi connectivity index (χ1) is 16.9. The Labute approximate surface area is 216 Å². The average molecular weight is 537 g/mol. The van der Waals surface area contributed by atoms with Crippen LogP contribution in [0.1, 0.15) is 35.6 Å². The van der Waals surface area contributed by atoms with E-state index in [1.54, 1.807) is 4.90 Å². The fourth-order valence-corrected chi connectivity index (χ4v) is 4.07. The number of hydrogen-bond donors (Lipinski definition) is 1. The number of hydrogen-bond acceptors (Lipinski definition) is 3. The lowest BCUT2D eigenvalue weighted by atomic mass is 10.0. The van der Waals surface area contributed by atoms with E-state index in [1.807, 2.05) is 93.6 Å². The molecule has 5 nitrogen and oxygen atoms in total. The fraction of sp³-hybridized carbons (Fsp3) is 0.310. The van der Waals surface area contributed by atoms with Gasteiger partial charge in [-0.2, -0.15) is 0 Å². The molecule has 0 unspecified atom stereocenters. The number of carbonyl (C=O) groups excluding carboxylic acids is 2. The molecular weight excluding hydrogens is 504 g/mol. The number of ether oxygens (including phenoxy) is 1. The van der Waals surface area contributed by atoms with Gasteiger partial charge in [0.2, 0.25) is 5.91 Å². The molecule has 0 aliphatic heterocycles. The van der Waals surface area contributed by atoms with Gasteiger partial charge in [-0.1, -0.05) is 77.5 Å². The summed E-state index contributed by atoms with van der Waals surface area (Å²) < 4.78 is 6.91. The summed E-state index contributed by atoms with van der Waals surface area (Å²) in [5.74, 6) is 0.284. The zero-order chi connectivity index (χ0) is 25.2. The molecule has 0 aliphatic carbocycles. The number of aryl methyl sites for hydroxylation is 1. The van der Waals surface area contributed by atoms with Crippen LogP contribution >= 0.6 is 15.9 Å². The summed E-state index contributed by atoms with van der Waals surface area (Å²) in [7, 11) is 0. The van der Waals surface area contributed by atoms with Gasteiger partial charge in [0.25, 0.3) is 5.91 Å². The second-order valence-corrected chi connectivity index (χ2v) is 9.55. The molecule has 0 radical (unpaired) electrons. The molecule has 0 heterocycles. The lowest BCUT2D eigenvalue weighted by Crippen LogP contribution is -2.51. The van der Waals surface area contributed by atoms with E-state index in [1.165, 1.54) is 0 Å². The van der Waals surface area contributed by atoms with Gasteiger partial charge in [0, 0.05) is 24.0 Å². The fourth-order valence-electron chi connectivity index (χ4n) is 3.81. The molecule has 1 N–H and O–H groups in total. The molecule has 0 fully saturated rings. The zero-order valence-electron chi connectivity index (χ0n) is 20.6. The van der Waals surface area contributed by atoms with E-state index >= 15 is 0 Å². The molecule has 184 valence electrons. The molecule has 1 atom stereocenters. The number of amides is 2. The van der Waals surface area contributed by atoms with Gasteiger partial charge in [0.15, 0.2) is 6.61 Å². The summed E-state index contributed by atoms with van der Waals surface area (Å²) in [6, 6.07) is 22.7. The Bertz CT molecular complexity index is 1120. The first kappa shape index (κ1) is 26.5. The van der Waals surface area contributed by atoms with Crippen LogP contribution in [-0.4, -0.2) is 35.9 Å². The van der Waals surface area contributed by atoms with E-state index in [9.17, 15) is 9.59 Å². The lowest BCUT2D eigenvalue weighted by Gasteiger charge is -2.31. The molecule has 0 aliphatic rings. The van der Waals surface area contributed by atoms with Crippen molar-refractivity contribution in [2.75, 3.05) is 13.2 Å². The van der Waals surface area contributed by atoms with E-state index in [2.05, 4.69) is 21.2 Å². The number of carbonyl (C=O) groups is 2. The van der Waals surface area contributed by atoms with Gasteiger partial charge in [-0.3, -0.25) is 9.59 Å². The van der Waals surface area contributed by atoms with Crippen LogP contribution in [0, 0.1) is 13.8 Å². The van der Waals surface area contributed by atoms with E-state index < -0.39 is 6.04 Å². The van der Waals surface area contributed by atoms with Crippen molar-refractivity contribution in [3.05, 3.63) is 99.5 Å². The van der Waals surface area contributed by atoms with Crippen LogP contribution < -0.4 is 10.1 Å². The summed E-state index contributed by atoms with van der Waals surface area (Å²) in [6.45, 7) is 6.72. The van der Waals surface area contributed by atoms with Crippen molar-refractivity contribution >= 4 is 27.7 Å². The smallest absolute Gasteiger partial charge is 0.261 e. The Kier molecular flexibility index (Phi) is 9.91. The zero-order valence-corrected chi connectivity index (χ0v) is 22.2. The Morgan fingerprint density at radius 3 is 2.34 bits per heavy atom. The average Bonchev–Trinajstić information content (AvgIpc) is 2.87. The second-order valence-electron chi connectivity index (χ2n) is 8.63. The molecule has 2 amide bonds. The largest absolute Gasteiger partial charge is 0.483 e. The van der Waals surface area contributed by atoms with Gasteiger partial charge >= 0.3 is 0 Å². The Morgan fingerprint density at radius 1 is 0.943 bits per heavy atom. The van der Waals surface area contributed by atoms with Gasteiger partial charge in [-0.25, -0.2) is 0 Å².